The summed E-state index contributed by atoms with van der Waals surface area (Å²) in [6.45, 7) is 11.1. The topological polar surface area (TPSA) is 38.8 Å². The van der Waals surface area contributed by atoms with Crippen LogP contribution >= 0.6 is 0 Å². The van der Waals surface area contributed by atoms with E-state index in [1.54, 1.807) is 24.3 Å². The molecule has 0 fully saturated rings. The maximum atomic E-state index is 13.8. The van der Waals surface area contributed by atoms with Crippen LogP contribution in [0.4, 0.5) is 24.5 Å². The zero-order valence-electron chi connectivity index (χ0n) is 21.4. The van der Waals surface area contributed by atoms with E-state index in [2.05, 4.69) is 4.85 Å². The van der Waals surface area contributed by atoms with Gasteiger partial charge >= 0.3 is 6.18 Å². The van der Waals surface area contributed by atoms with E-state index in [9.17, 15) is 18.0 Å². The van der Waals surface area contributed by atoms with Crippen LogP contribution in [0.15, 0.2) is 77.6 Å². The van der Waals surface area contributed by atoms with E-state index in [1.807, 2.05) is 75.3 Å². The highest BCUT2D eigenvalue weighted by Crippen LogP contribution is 2.37. The molecule has 0 aliphatic rings. The Morgan fingerprint density at radius 3 is 2.05 bits per heavy atom. The average Bonchev–Trinajstić information content (AvgIpc) is 2.86. The van der Waals surface area contributed by atoms with E-state index in [0.29, 0.717) is 17.1 Å². The molecule has 0 spiro atoms. The van der Waals surface area contributed by atoms with Gasteiger partial charge in [-0.3, -0.25) is 4.79 Å². The number of hydrogen-bond acceptors (Lipinski definition) is 3. The zero-order chi connectivity index (χ0) is 27.6. The van der Waals surface area contributed by atoms with Crippen LogP contribution in [0.2, 0.25) is 0 Å². The van der Waals surface area contributed by atoms with Gasteiger partial charge in [-0.15, -0.1) is 0 Å². The van der Waals surface area contributed by atoms with Crippen molar-refractivity contribution in [3.63, 3.8) is 0 Å². The number of alkyl halides is 3. The van der Waals surface area contributed by atoms with Crippen LogP contribution in [0, 0.1) is 20.4 Å². The molecule has 0 bridgehead atoms. The molecule has 5 nitrogen and oxygen atoms in total. The Hall–Kier alpha value is -4.51. The fraction of sp³-hybridized carbons (Fsp3) is 0.200. The lowest BCUT2D eigenvalue weighted by Crippen LogP contribution is -2.25. The van der Waals surface area contributed by atoms with Gasteiger partial charge in [0.2, 0.25) is 0 Å². The Bertz CT molecular complexity index is 1560. The van der Waals surface area contributed by atoms with Gasteiger partial charge in [-0.1, -0.05) is 23.8 Å². The first-order valence-corrected chi connectivity index (χ1v) is 11.8. The number of ether oxygens (including phenoxy) is 1. The van der Waals surface area contributed by atoms with Crippen LogP contribution in [0.5, 0.6) is 11.5 Å². The predicted octanol–water partition coefficient (Wildman–Crippen LogP) is 7.61. The van der Waals surface area contributed by atoms with Crippen molar-refractivity contribution in [2.24, 2.45) is 0 Å². The number of benzene rings is 3. The minimum Gasteiger partial charge on any atom is -0.457 e. The standard InChI is InChI=1S/C30H26F3N3O2/c1-19-6-7-22(20(2)16-19)18-36-27(17-26(30(31,32)33)28(34-3)29(36)37)21-8-12-24(13-9-21)38-25-14-10-23(11-15-25)35(4)5/h6-17H,18H2,1-2,4-5H3. The maximum Gasteiger partial charge on any atom is 0.407 e. The molecule has 0 aliphatic heterocycles. The first-order chi connectivity index (χ1) is 18.0. The molecule has 194 valence electrons. The number of pyridine rings is 1. The molecule has 0 aliphatic carbocycles. The van der Waals surface area contributed by atoms with Crippen LogP contribution in [0.3, 0.4) is 0 Å². The molecule has 0 atom stereocenters. The lowest BCUT2D eigenvalue weighted by molar-refractivity contribution is -0.136. The van der Waals surface area contributed by atoms with Gasteiger partial charge in [0.1, 0.15) is 11.5 Å². The first kappa shape index (κ1) is 26.6. The highest BCUT2D eigenvalue weighted by Gasteiger charge is 2.36. The van der Waals surface area contributed by atoms with E-state index in [-0.39, 0.29) is 12.2 Å². The third-order valence-corrected chi connectivity index (χ3v) is 6.26. The molecule has 1 aromatic heterocycles. The Morgan fingerprint density at radius 2 is 1.53 bits per heavy atom. The van der Waals surface area contributed by atoms with Gasteiger partial charge in [0, 0.05) is 25.5 Å². The number of rotatable bonds is 6. The van der Waals surface area contributed by atoms with Gasteiger partial charge in [-0.25, -0.2) is 4.85 Å². The summed E-state index contributed by atoms with van der Waals surface area (Å²) in [5.74, 6) is 1.10. The van der Waals surface area contributed by atoms with Gasteiger partial charge < -0.3 is 14.2 Å². The van der Waals surface area contributed by atoms with E-state index < -0.39 is 23.0 Å². The second-order valence-electron chi connectivity index (χ2n) is 9.24. The zero-order valence-corrected chi connectivity index (χ0v) is 21.4. The second kappa shape index (κ2) is 10.5. The number of aryl methyl sites for hydroxylation is 2. The summed E-state index contributed by atoms with van der Waals surface area (Å²) in [5, 5.41) is 0. The summed E-state index contributed by atoms with van der Waals surface area (Å²) in [6.07, 6.45) is -4.85. The normalized spacial score (nSPS) is 11.2. The molecule has 1 heterocycles. The molecule has 4 rings (SSSR count). The predicted molar refractivity (Wildman–Crippen MR) is 143 cm³/mol. The van der Waals surface area contributed by atoms with Gasteiger partial charge in [-0.05, 0) is 85.1 Å². The molecule has 3 aromatic carbocycles. The van der Waals surface area contributed by atoms with Gasteiger partial charge in [0.25, 0.3) is 11.2 Å². The SMILES string of the molecule is [C-]#[N+]c1c(C(F)(F)F)cc(-c2ccc(Oc3ccc(N(C)C)cc3)cc2)n(Cc2ccc(C)cc2C)c1=O. The molecular formula is C30H26F3N3O2. The molecule has 0 N–H and O–H groups in total. The molecule has 8 heteroatoms. The van der Waals surface area contributed by atoms with Crippen molar-refractivity contribution in [2.45, 2.75) is 26.6 Å². The Morgan fingerprint density at radius 1 is 0.921 bits per heavy atom. The summed E-state index contributed by atoms with van der Waals surface area (Å²) in [5.41, 5.74) is 1.01. The monoisotopic (exact) mass is 517 g/mol. The van der Waals surface area contributed by atoms with Crippen molar-refractivity contribution in [1.82, 2.24) is 4.57 Å². The quantitative estimate of drug-likeness (QED) is 0.247. The fourth-order valence-corrected chi connectivity index (χ4v) is 4.19. The summed E-state index contributed by atoms with van der Waals surface area (Å²) in [6, 6.07) is 20.5. The number of nitrogens with zero attached hydrogens (tertiary/aromatic N) is 3. The third kappa shape index (κ3) is 5.57. The largest absolute Gasteiger partial charge is 0.457 e. The summed E-state index contributed by atoms with van der Waals surface area (Å²) in [4.78, 5) is 18.2. The van der Waals surface area contributed by atoms with Crippen LogP contribution in [0.1, 0.15) is 22.3 Å². The highest BCUT2D eigenvalue weighted by molar-refractivity contribution is 5.67. The second-order valence-corrected chi connectivity index (χ2v) is 9.24. The molecule has 0 unspecified atom stereocenters. The van der Waals surface area contributed by atoms with Crippen LogP contribution in [-0.4, -0.2) is 18.7 Å². The van der Waals surface area contributed by atoms with Crippen molar-refractivity contribution in [3.05, 3.63) is 117 Å². The minimum atomic E-state index is -4.85. The molecule has 38 heavy (non-hydrogen) atoms. The first-order valence-electron chi connectivity index (χ1n) is 11.8. The number of anilines is 1. The van der Waals surface area contributed by atoms with Crippen LogP contribution in [0.25, 0.3) is 16.1 Å². The fourth-order valence-electron chi connectivity index (χ4n) is 4.19. The van der Waals surface area contributed by atoms with Crippen molar-refractivity contribution >= 4 is 11.4 Å². The van der Waals surface area contributed by atoms with Gasteiger partial charge in [-0.2, -0.15) is 13.2 Å². The van der Waals surface area contributed by atoms with Crippen molar-refractivity contribution in [2.75, 3.05) is 19.0 Å². The van der Waals surface area contributed by atoms with Gasteiger partial charge in [0.15, 0.2) is 0 Å². The molecule has 0 saturated heterocycles. The van der Waals surface area contributed by atoms with E-state index >= 15 is 0 Å². The molecule has 0 amide bonds. The molecule has 4 aromatic rings. The summed E-state index contributed by atoms with van der Waals surface area (Å²) >= 11 is 0. The van der Waals surface area contributed by atoms with Crippen LogP contribution in [-0.2, 0) is 12.7 Å². The lowest BCUT2D eigenvalue weighted by Gasteiger charge is -2.19. The lowest BCUT2D eigenvalue weighted by atomic mass is 10.0. The third-order valence-electron chi connectivity index (χ3n) is 6.26. The minimum absolute atomic E-state index is 0.0252. The van der Waals surface area contributed by atoms with Crippen molar-refractivity contribution in [1.29, 1.82) is 0 Å². The number of halogens is 3. The number of aromatic nitrogens is 1. The average molecular weight is 518 g/mol. The summed E-state index contributed by atoms with van der Waals surface area (Å²) in [7, 11) is 3.87. The molecule has 0 radical (unpaired) electrons. The van der Waals surface area contributed by atoms with Crippen molar-refractivity contribution < 1.29 is 17.9 Å². The smallest absolute Gasteiger partial charge is 0.407 e. The summed E-state index contributed by atoms with van der Waals surface area (Å²) < 4.78 is 48.7. The highest BCUT2D eigenvalue weighted by atomic mass is 19.4. The number of hydrogen-bond donors (Lipinski definition) is 0. The molecular weight excluding hydrogens is 491 g/mol. The maximum absolute atomic E-state index is 13.8. The van der Waals surface area contributed by atoms with E-state index in [4.69, 9.17) is 11.3 Å². The Kier molecular flexibility index (Phi) is 7.31. The van der Waals surface area contributed by atoms with Crippen LogP contribution < -0.4 is 15.2 Å². The Labute approximate surface area is 219 Å². The van der Waals surface area contributed by atoms with E-state index in [1.165, 1.54) is 4.57 Å². The molecule has 0 saturated carbocycles. The van der Waals surface area contributed by atoms with Gasteiger partial charge in [0.05, 0.1) is 18.7 Å². The Balaban J connectivity index is 1.78. The van der Waals surface area contributed by atoms with E-state index in [0.717, 1.165) is 28.4 Å². The van der Waals surface area contributed by atoms with Crippen molar-refractivity contribution in [3.8, 4) is 22.8 Å².